The topological polar surface area (TPSA) is 89.3 Å². The number of nitrogens with two attached hydrogens (primary N) is 1. The van der Waals surface area contributed by atoms with Gasteiger partial charge in [-0.25, -0.2) is 8.42 Å². The van der Waals surface area contributed by atoms with Crippen molar-refractivity contribution in [2.24, 2.45) is 5.73 Å². The largest absolute Gasteiger partial charge is 0.381 e. The number of carbonyl (C=O) groups excluding carboxylic acids is 1. The molecule has 6 heteroatoms. The normalized spacial score (nSPS) is 21.7. The minimum absolute atomic E-state index is 0.0796. The van der Waals surface area contributed by atoms with Crippen LogP contribution < -0.4 is 11.1 Å². The summed E-state index contributed by atoms with van der Waals surface area (Å²) in [7, 11) is -2.91. The summed E-state index contributed by atoms with van der Waals surface area (Å²) in [6, 6.07) is 7.24. The number of rotatable bonds is 4. The first-order chi connectivity index (χ1) is 8.46. The van der Waals surface area contributed by atoms with Crippen LogP contribution in [0.2, 0.25) is 0 Å². The van der Waals surface area contributed by atoms with E-state index < -0.39 is 15.7 Å². The fraction of sp³-hybridized carbons (Fsp3) is 0.417. The number of benzene rings is 1. The van der Waals surface area contributed by atoms with E-state index in [-0.39, 0.29) is 24.0 Å². The Bertz CT molecular complexity index is 554. The minimum Gasteiger partial charge on any atom is -0.381 e. The highest BCUT2D eigenvalue weighted by molar-refractivity contribution is 7.91. The molecule has 1 atom stereocenters. The maximum absolute atomic E-state index is 11.4. The van der Waals surface area contributed by atoms with Gasteiger partial charge in [-0.05, 0) is 18.1 Å². The maximum atomic E-state index is 11.4. The van der Waals surface area contributed by atoms with Crippen molar-refractivity contribution in [2.75, 3.05) is 16.8 Å². The van der Waals surface area contributed by atoms with Gasteiger partial charge in [0.25, 0.3) is 0 Å². The third-order valence-electron chi connectivity index (χ3n) is 2.97. The molecular formula is C12H16N2O3S. The third kappa shape index (κ3) is 3.22. The molecule has 5 nitrogen and oxygen atoms in total. The molecule has 1 aromatic carbocycles. The molecule has 1 aliphatic heterocycles. The second kappa shape index (κ2) is 4.97. The van der Waals surface area contributed by atoms with Gasteiger partial charge in [-0.1, -0.05) is 18.2 Å². The molecule has 3 N–H and O–H groups in total. The van der Waals surface area contributed by atoms with Crippen LogP contribution in [-0.4, -0.2) is 31.9 Å². The lowest BCUT2D eigenvalue weighted by Crippen LogP contribution is -2.22. The fourth-order valence-corrected chi connectivity index (χ4v) is 3.81. The van der Waals surface area contributed by atoms with Crippen LogP contribution in [0, 0.1) is 0 Å². The summed E-state index contributed by atoms with van der Waals surface area (Å²) in [5, 5.41) is 3.18. The number of sulfone groups is 1. The van der Waals surface area contributed by atoms with Crippen LogP contribution >= 0.6 is 0 Å². The molecule has 1 aromatic rings. The standard InChI is InChI=1S/C12H16N2O3S/c13-12(15)7-9-3-1-2-4-11(9)14-10-5-6-18(16,17)8-10/h1-4,10,14H,5-8H2,(H2,13,15). The molecular weight excluding hydrogens is 252 g/mol. The van der Waals surface area contributed by atoms with Crippen molar-refractivity contribution < 1.29 is 13.2 Å². The molecule has 2 rings (SSSR count). The van der Waals surface area contributed by atoms with Gasteiger partial charge in [0.2, 0.25) is 5.91 Å². The predicted molar refractivity (Wildman–Crippen MR) is 70.0 cm³/mol. The molecule has 1 saturated heterocycles. The lowest BCUT2D eigenvalue weighted by atomic mass is 10.1. The van der Waals surface area contributed by atoms with Crippen molar-refractivity contribution in [3.05, 3.63) is 29.8 Å². The van der Waals surface area contributed by atoms with E-state index in [4.69, 9.17) is 5.73 Å². The lowest BCUT2D eigenvalue weighted by molar-refractivity contribution is -0.117. The molecule has 1 amide bonds. The zero-order valence-electron chi connectivity index (χ0n) is 9.93. The number of primary amides is 1. The Balaban J connectivity index is 2.12. The second-order valence-electron chi connectivity index (χ2n) is 4.54. The minimum atomic E-state index is -2.91. The van der Waals surface area contributed by atoms with E-state index in [1.54, 1.807) is 0 Å². The van der Waals surface area contributed by atoms with Crippen LogP contribution in [0.15, 0.2) is 24.3 Å². The summed E-state index contributed by atoms with van der Waals surface area (Å²) >= 11 is 0. The summed E-state index contributed by atoms with van der Waals surface area (Å²) in [5.41, 5.74) is 6.77. The highest BCUT2D eigenvalue weighted by Crippen LogP contribution is 2.21. The molecule has 1 fully saturated rings. The average molecular weight is 268 g/mol. The van der Waals surface area contributed by atoms with E-state index in [0.717, 1.165) is 11.3 Å². The Labute approximate surface area is 106 Å². The number of anilines is 1. The first kappa shape index (κ1) is 12.9. The predicted octanol–water partition coefficient (Wildman–Crippen LogP) is 0.313. The van der Waals surface area contributed by atoms with Crippen molar-refractivity contribution in [2.45, 2.75) is 18.9 Å². The van der Waals surface area contributed by atoms with Crippen LogP contribution in [0.1, 0.15) is 12.0 Å². The van der Waals surface area contributed by atoms with Gasteiger partial charge in [0.05, 0.1) is 17.9 Å². The molecule has 1 heterocycles. The zero-order valence-corrected chi connectivity index (χ0v) is 10.7. The first-order valence-corrected chi connectivity index (χ1v) is 7.61. The molecule has 0 spiro atoms. The van der Waals surface area contributed by atoms with E-state index in [0.29, 0.717) is 6.42 Å². The summed E-state index contributed by atoms with van der Waals surface area (Å²) < 4.78 is 22.8. The fourth-order valence-electron chi connectivity index (χ4n) is 2.13. The Morgan fingerprint density at radius 1 is 1.39 bits per heavy atom. The highest BCUT2D eigenvalue weighted by atomic mass is 32.2. The van der Waals surface area contributed by atoms with Crippen LogP contribution in [0.3, 0.4) is 0 Å². The molecule has 18 heavy (non-hydrogen) atoms. The van der Waals surface area contributed by atoms with Crippen molar-refractivity contribution in [3.8, 4) is 0 Å². The molecule has 0 aliphatic carbocycles. The van der Waals surface area contributed by atoms with Crippen molar-refractivity contribution in [1.82, 2.24) is 0 Å². The van der Waals surface area contributed by atoms with Crippen LogP contribution in [0.25, 0.3) is 0 Å². The second-order valence-corrected chi connectivity index (χ2v) is 6.77. The van der Waals surface area contributed by atoms with Crippen molar-refractivity contribution in [1.29, 1.82) is 0 Å². The van der Waals surface area contributed by atoms with Gasteiger partial charge in [0, 0.05) is 11.7 Å². The van der Waals surface area contributed by atoms with Crippen LogP contribution in [0.5, 0.6) is 0 Å². The van der Waals surface area contributed by atoms with E-state index in [1.807, 2.05) is 24.3 Å². The van der Waals surface area contributed by atoms with Gasteiger partial charge in [-0.15, -0.1) is 0 Å². The SMILES string of the molecule is NC(=O)Cc1ccccc1NC1CCS(=O)(=O)C1. The van der Waals surface area contributed by atoms with Gasteiger partial charge in [0.15, 0.2) is 9.84 Å². The molecule has 0 saturated carbocycles. The molecule has 1 unspecified atom stereocenters. The summed E-state index contributed by atoms with van der Waals surface area (Å²) in [4.78, 5) is 11.0. The first-order valence-electron chi connectivity index (χ1n) is 5.79. The zero-order chi connectivity index (χ0) is 13.2. The Kier molecular flexibility index (Phi) is 3.56. The lowest BCUT2D eigenvalue weighted by Gasteiger charge is -2.15. The van der Waals surface area contributed by atoms with E-state index >= 15 is 0 Å². The monoisotopic (exact) mass is 268 g/mol. The molecule has 0 aromatic heterocycles. The molecule has 0 bridgehead atoms. The molecule has 98 valence electrons. The van der Waals surface area contributed by atoms with Gasteiger partial charge < -0.3 is 11.1 Å². The summed E-state index contributed by atoms with van der Waals surface area (Å²) in [6.45, 7) is 0. The molecule has 1 aliphatic rings. The van der Waals surface area contributed by atoms with E-state index in [9.17, 15) is 13.2 Å². The van der Waals surface area contributed by atoms with Crippen molar-refractivity contribution in [3.63, 3.8) is 0 Å². The van der Waals surface area contributed by atoms with Crippen molar-refractivity contribution >= 4 is 21.4 Å². The third-order valence-corrected chi connectivity index (χ3v) is 4.74. The van der Waals surface area contributed by atoms with Crippen LogP contribution in [0.4, 0.5) is 5.69 Å². The number of hydrogen-bond acceptors (Lipinski definition) is 4. The Morgan fingerprint density at radius 2 is 2.11 bits per heavy atom. The van der Waals surface area contributed by atoms with Gasteiger partial charge in [-0.2, -0.15) is 0 Å². The highest BCUT2D eigenvalue weighted by Gasteiger charge is 2.28. The number of nitrogens with one attached hydrogen (secondary N) is 1. The molecule has 0 radical (unpaired) electrons. The number of amides is 1. The number of carbonyl (C=O) groups is 1. The smallest absolute Gasteiger partial charge is 0.221 e. The Morgan fingerprint density at radius 3 is 2.72 bits per heavy atom. The van der Waals surface area contributed by atoms with Gasteiger partial charge in [0.1, 0.15) is 0 Å². The average Bonchev–Trinajstić information content (AvgIpc) is 2.60. The number of hydrogen-bond donors (Lipinski definition) is 2. The van der Waals surface area contributed by atoms with E-state index in [2.05, 4.69) is 5.32 Å². The quantitative estimate of drug-likeness (QED) is 0.822. The van der Waals surface area contributed by atoms with Gasteiger partial charge in [-0.3, -0.25) is 4.79 Å². The summed E-state index contributed by atoms with van der Waals surface area (Å²) in [5.74, 6) is -0.0242. The van der Waals surface area contributed by atoms with E-state index in [1.165, 1.54) is 0 Å². The maximum Gasteiger partial charge on any atom is 0.221 e. The Hall–Kier alpha value is -1.56. The summed E-state index contributed by atoms with van der Waals surface area (Å²) in [6.07, 6.45) is 0.760. The van der Waals surface area contributed by atoms with Gasteiger partial charge >= 0.3 is 0 Å². The number of para-hydroxylation sites is 1. The van der Waals surface area contributed by atoms with Crippen LogP contribution in [-0.2, 0) is 21.1 Å².